The highest BCUT2D eigenvalue weighted by molar-refractivity contribution is 7.99. The Morgan fingerprint density at radius 3 is 1.41 bits per heavy atom. The van der Waals surface area contributed by atoms with Gasteiger partial charge in [-0.2, -0.15) is 35.3 Å². The zero-order valence-electron chi connectivity index (χ0n) is 50.9. The Morgan fingerprint density at radius 1 is 0.520 bits per heavy atom. The van der Waals surface area contributed by atoms with Crippen molar-refractivity contribution < 1.29 is 80.3 Å². The van der Waals surface area contributed by atoms with Crippen LogP contribution in [0.4, 0.5) is 17.5 Å². The summed E-state index contributed by atoms with van der Waals surface area (Å²) in [6, 6.07) is -1.81. The third-order valence-corrected chi connectivity index (χ3v) is 16.8. The molecule has 0 bridgehead atoms. The molecule has 49 heteroatoms. The van der Waals surface area contributed by atoms with Crippen molar-refractivity contribution >= 4 is 120 Å². The molecular formula is C49H70N26O20S3. The average molecular weight is 1440 g/mol. The Morgan fingerprint density at radius 2 is 0.949 bits per heavy atom. The Balaban J connectivity index is 0.000000190. The fourth-order valence-corrected chi connectivity index (χ4v) is 11.7. The van der Waals surface area contributed by atoms with E-state index in [4.69, 9.17) is 68.7 Å². The molecule has 98 heavy (non-hydrogen) atoms. The van der Waals surface area contributed by atoms with Crippen LogP contribution in [0.2, 0.25) is 0 Å². The molecule has 0 aliphatic carbocycles. The molecule has 0 aromatic carbocycles. The predicted octanol–water partition coefficient (Wildman–Crippen LogP) is -6.09. The SMILES string of the molecule is CSC[C@H]1O[C@@H](n2cnc3c(N)ncnc32)[C@@H](O)C1O.N.NC(CCSC[C@H]1OC(O)[C@@H](O)C1O)C(=O)O.Nc1ncnc2c1ncn2[C@@H]1O[C@H](CSCCC(N)C(=O)O)C(O)[C@@H]1O.Nc1ncnc2nc[nH]c12.O=c1[nH]c(=O)c2[nH]c(=O)[nH]c2[nH]1.O=c1[nH]cnc2nc[nH]c12.OO. The minimum atomic E-state index is -1.36. The number of carboxylic acids is 2. The van der Waals surface area contributed by atoms with Gasteiger partial charge in [-0.25, -0.2) is 64.4 Å². The Hall–Kier alpha value is -9.26. The Bertz CT molecular complexity index is 4420. The molecule has 3 aliphatic heterocycles. The summed E-state index contributed by atoms with van der Waals surface area (Å²) in [4.78, 5) is 124. The monoisotopic (exact) mass is 1440 g/mol. The number of hydrogen-bond acceptors (Lipinski definition) is 38. The number of rotatable bonds is 16. The summed E-state index contributed by atoms with van der Waals surface area (Å²) in [6.45, 7) is 0. The minimum absolute atomic E-state index is 0. The van der Waals surface area contributed by atoms with Crippen LogP contribution in [0.25, 0.3) is 55.8 Å². The molecule has 3 saturated heterocycles. The maximum absolute atomic E-state index is 10.9. The number of nitrogen functional groups attached to an aromatic ring is 3. The number of carbonyl (C=O) groups is 2. The number of hydrogen-bond donors (Lipinski definition) is 24. The summed E-state index contributed by atoms with van der Waals surface area (Å²) in [5.74, 6) is 1.16. The van der Waals surface area contributed by atoms with E-state index in [2.05, 4.69) is 84.7 Å². The van der Waals surface area contributed by atoms with Gasteiger partial charge in [-0.3, -0.25) is 58.8 Å². The lowest BCUT2D eigenvalue weighted by atomic mass is 10.1. The summed E-state index contributed by atoms with van der Waals surface area (Å²) in [7, 11) is 0. The van der Waals surface area contributed by atoms with E-state index < -0.39 is 115 Å². The lowest BCUT2D eigenvalue weighted by molar-refractivity contribution is -0.176. The minimum Gasteiger partial charge on any atom is -0.480 e. The fraction of sp³-hybridized carbons (Fsp3) is 0.449. The van der Waals surface area contributed by atoms with Gasteiger partial charge in [-0.15, -0.1) is 0 Å². The van der Waals surface area contributed by atoms with Crippen LogP contribution >= 0.6 is 35.3 Å². The molecule has 10 aromatic heterocycles. The van der Waals surface area contributed by atoms with Crippen LogP contribution in [0.3, 0.4) is 0 Å². The number of H-pyrrole nitrogens is 7. The highest BCUT2D eigenvalue weighted by Gasteiger charge is 2.46. The number of imidazole rings is 5. The quantitative estimate of drug-likeness (QED) is 0.0243. The van der Waals surface area contributed by atoms with E-state index in [1.165, 1.54) is 78.7 Å². The molecular weight excluding hydrogens is 1370 g/mol. The van der Waals surface area contributed by atoms with Gasteiger partial charge in [0, 0.05) is 17.3 Å². The molecule has 0 amide bonds. The summed E-state index contributed by atoms with van der Waals surface area (Å²) < 4.78 is 19.5. The molecule has 0 spiro atoms. The van der Waals surface area contributed by atoms with E-state index in [-0.39, 0.29) is 34.5 Å². The van der Waals surface area contributed by atoms with Crippen molar-refractivity contribution in [2.24, 2.45) is 11.5 Å². The molecule has 0 radical (unpaired) electrons. The molecule has 13 heterocycles. The Labute approximate surface area is 558 Å². The number of fused-ring (bicyclic) bond motifs is 5. The number of thioether (sulfide) groups is 3. The zero-order chi connectivity index (χ0) is 70.8. The number of ether oxygens (including phenoxy) is 3. The molecule has 6 unspecified atom stereocenters. The molecule has 3 aliphatic rings. The lowest BCUT2D eigenvalue weighted by Gasteiger charge is -2.16. The van der Waals surface area contributed by atoms with E-state index in [1.807, 2.05) is 11.2 Å². The van der Waals surface area contributed by atoms with Crippen LogP contribution in [-0.2, 0) is 23.8 Å². The molecule has 14 atom stereocenters. The lowest BCUT2D eigenvalue weighted by Crippen LogP contribution is -2.33. The van der Waals surface area contributed by atoms with Gasteiger partial charge >= 0.3 is 23.3 Å². The van der Waals surface area contributed by atoms with Crippen LogP contribution in [0.5, 0.6) is 0 Å². The van der Waals surface area contributed by atoms with Gasteiger partial charge in [-0.1, -0.05) is 0 Å². The predicted molar refractivity (Wildman–Crippen MR) is 349 cm³/mol. The van der Waals surface area contributed by atoms with Crippen LogP contribution in [-0.4, -0.2) is 276 Å². The van der Waals surface area contributed by atoms with Crippen LogP contribution in [0.15, 0.2) is 69.8 Å². The fourth-order valence-electron chi connectivity index (χ4n) is 8.92. The first-order valence-electron chi connectivity index (χ1n) is 28.0. The van der Waals surface area contributed by atoms with Crippen molar-refractivity contribution in [3.8, 4) is 0 Å². The number of carboxylic acid groups (broad SMARTS) is 2. The van der Waals surface area contributed by atoms with Gasteiger partial charge in [0.2, 0.25) is 0 Å². The van der Waals surface area contributed by atoms with Gasteiger partial charge in [0.15, 0.2) is 64.3 Å². The summed E-state index contributed by atoms with van der Waals surface area (Å²) in [6.07, 6.45) is 2.41. The van der Waals surface area contributed by atoms with E-state index in [9.17, 15) is 59.4 Å². The van der Waals surface area contributed by atoms with Crippen molar-refractivity contribution in [2.75, 3.05) is 52.2 Å². The standard InChI is InChI=1S/C14H20N6O5S.C11H15N5O3S.C9H17NO6S.C5H5N5.C5H4N4O3.C5H4N4O.H3N.H2O2/c15-6(14(23)24)1-2-26-3-7-9(21)10(22)13(25-7)20-5-19-8-11(16)17-4-18-12(8)20;1-20-2-5-7(17)8(18)11(19-5)16-4-15-6-9(12)13-3-14-10(6)16;10-4(8(13)14)1-2-17-3-5-6(11)7(12)9(15)16-5;6-4-3-5(9-1-7-3)10-2-8-4;10-3-1-2(7-4(11)6-1)8-5(12)9-3;10-5-3-4(7-1-6-3)8-2-9-5;;1-2/h4-7,9-10,13,21-22H,1-3,15H2,(H,23,24)(H2,16,17,18);3-5,7-8,11,17-18H,2H2,1H3,(H2,12,13,14);4-7,9,11-12,15H,1-3,10H2,(H,13,14);1-2H,(H3,6,7,8,9,10);(H4,6,7,8,9,10,11,12);1-2H,(H2,6,7,8,9,10);1H3;1-2H/t6?,7-,9?,10+,13-;5-,7?,8+,11-;4?,5-,6?,7+,9?;;;;;/m111...../s1. The topological polar surface area (TPSA) is 780 Å². The van der Waals surface area contributed by atoms with Crippen LogP contribution in [0.1, 0.15) is 25.3 Å². The third kappa shape index (κ3) is 19.3. The van der Waals surface area contributed by atoms with E-state index in [1.54, 1.807) is 16.3 Å². The van der Waals surface area contributed by atoms with E-state index >= 15 is 0 Å². The number of nitrogens with two attached hydrogens (primary N) is 5. The second kappa shape index (κ2) is 36.4. The molecule has 31 N–H and O–H groups in total. The number of aliphatic hydroxyl groups is 7. The smallest absolute Gasteiger partial charge is 0.327 e. The van der Waals surface area contributed by atoms with Crippen LogP contribution in [0, 0.1) is 0 Å². The molecule has 3 fully saturated rings. The van der Waals surface area contributed by atoms with Gasteiger partial charge < -0.3 is 110 Å². The van der Waals surface area contributed by atoms with Crippen molar-refractivity contribution in [1.29, 1.82) is 0 Å². The van der Waals surface area contributed by atoms with Crippen molar-refractivity contribution in [3.05, 3.63) is 92.3 Å². The van der Waals surface area contributed by atoms with E-state index in [0.29, 0.717) is 92.1 Å². The second-order valence-electron chi connectivity index (χ2n) is 20.3. The van der Waals surface area contributed by atoms with Gasteiger partial charge in [0.25, 0.3) is 11.1 Å². The number of nitrogens with one attached hydrogen (secondary N) is 7. The first-order valence-corrected chi connectivity index (χ1v) is 31.7. The molecule has 13 rings (SSSR count). The highest BCUT2D eigenvalue weighted by Crippen LogP contribution is 2.35. The van der Waals surface area contributed by atoms with Crippen LogP contribution < -0.4 is 57.3 Å². The van der Waals surface area contributed by atoms with Crippen molar-refractivity contribution in [2.45, 2.75) is 98.6 Å². The van der Waals surface area contributed by atoms with Gasteiger partial charge in [0.05, 0.1) is 49.9 Å². The number of aromatic nitrogens is 20. The molecule has 0 saturated carbocycles. The third-order valence-electron chi connectivity index (χ3n) is 13.9. The number of aliphatic carboxylic acids is 2. The summed E-state index contributed by atoms with van der Waals surface area (Å²) >= 11 is 4.29. The maximum atomic E-state index is 10.9. The Kier molecular flexibility index (Phi) is 28.8. The molecule has 534 valence electrons. The number of nitrogens with zero attached hydrogens (tertiary/aromatic N) is 13. The number of aliphatic hydroxyl groups excluding tert-OH is 7. The van der Waals surface area contributed by atoms with E-state index in [0.717, 1.165) is 0 Å². The number of aromatic amines is 7. The normalized spacial score (nSPS) is 22.9. The average Bonchev–Trinajstić information content (AvgIpc) is 1.64. The van der Waals surface area contributed by atoms with Crippen molar-refractivity contribution in [3.63, 3.8) is 0 Å². The highest BCUT2D eigenvalue weighted by atomic mass is 32.2. The van der Waals surface area contributed by atoms with Gasteiger partial charge in [-0.05, 0) is 30.6 Å². The maximum Gasteiger partial charge on any atom is 0.327 e. The van der Waals surface area contributed by atoms with Gasteiger partial charge in [0.1, 0.15) is 95.4 Å². The molecule has 10 aromatic rings. The summed E-state index contributed by atoms with van der Waals surface area (Å²) in [5.41, 5.74) is 29.7. The van der Waals surface area contributed by atoms with Crippen molar-refractivity contribution in [1.82, 2.24) is 105 Å². The first kappa shape index (κ1) is 77.7. The first-order chi connectivity index (χ1) is 46.4. The number of anilines is 3. The molecule has 46 nitrogen and oxygen atoms in total. The largest absolute Gasteiger partial charge is 0.480 e. The zero-order valence-corrected chi connectivity index (χ0v) is 53.3. The second-order valence-corrected chi connectivity index (χ2v) is 23.5. The summed E-state index contributed by atoms with van der Waals surface area (Å²) in [5, 5.41) is 97.8.